The topological polar surface area (TPSA) is 49.7 Å². The summed E-state index contributed by atoms with van der Waals surface area (Å²) in [7, 11) is -3.07. The van der Waals surface area contributed by atoms with Gasteiger partial charge in [0.15, 0.2) is 15.0 Å². The summed E-state index contributed by atoms with van der Waals surface area (Å²) in [6, 6.07) is 12.5. The monoisotopic (exact) mass is 460 g/mol. The van der Waals surface area contributed by atoms with Crippen molar-refractivity contribution in [3.8, 4) is 0 Å². The molecule has 4 rings (SSSR count). The van der Waals surface area contributed by atoms with E-state index in [0.717, 1.165) is 16.4 Å². The van der Waals surface area contributed by atoms with Crippen LogP contribution in [-0.2, 0) is 15.6 Å². The fourth-order valence-electron chi connectivity index (χ4n) is 3.31. The molecular formula is C18H15Cl3N2O2S2. The van der Waals surface area contributed by atoms with Gasteiger partial charge >= 0.3 is 0 Å². The van der Waals surface area contributed by atoms with Gasteiger partial charge in [-0.1, -0.05) is 52.6 Å². The largest absolute Gasteiger partial charge is 0.315 e. The zero-order chi connectivity index (χ0) is 19.2. The molecule has 2 aliphatic rings. The molecule has 0 radical (unpaired) electrons. The van der Waals surface area contributed by atoms with Gasteiger partial charge in [0.05, 0.1) is 33.6 Å². The van der Waals surface area contributed by atoms with E-state index in [4.69, 9.17) is 39.8 Å². The molecule has 2 aromatic carbocycles. The van der Waals surface area contributed by atoms with Crippen LogP contribution in [0.15, 0.2) is 47.5 Å². The maximum absolute atomic E-state index is 12.1. The number of sulfone groups is 1. The van der Waals surface area contributed by atoms with Crippen LogP contribution in [0.25, 0.3) is 0 Å². The third-order valence-electron chi connectivity index (χ3n) is 4.56. The van der Waals surface area contributed by atoms with Crippen molar-refractivity contribution in [2.75, 3.05) is 16.4 Å². The first-order chi connectivity index (χ1) is 12.8. The highest BCUT2D eigenvalue weighted by molar-refractivity contribution is 8.13. The summed E-state index contributed by atoms with van der Waals surface area (Å²) in [5.74, 6) is 0.866. The van der Waals surface area contributed by atoms with Gasteiger partial charge in [0.2, 0.25) is 0 Å². The van der Waals surface area contributed by atoms with E-state index in [1.165, 1.54) is 0 Å². The first kappa shape index (κ1) is 19.4. The molecular weight excluding hydrogens is 447 g/mol. The molecule has 142 valence electrons. The Balaban J connectivity index is 1.60. The summed E-state index contributed by atoms with van der Waals surface area (Å²) in [5, 5.41) is 2.48. The number of aliphatic imine (C=N–C) groups is 1. The van der Waals surface area contributed by atoms with Crippen LogP contribution >= 0.6 is 46.6 Å². The summed E-state index contributed by atoms with van der Waals surface area (Å²) in [5.41, 5.74) is 1.92. The minimum atomic E-state index is -3.07. The second-order valence-electron chi connectivity index (χ2n) is 6.51. The van der Waals surface area contributed by atoms with Gasteiger partial charge in [-0.2, -0.15) is 0 Å². The quantitative estimate of drug-likeness (QED) is 0.651. The third kappa shape index (κ3) is 4.10. The van der Waals surface area contributed by atoms with Crippen molar-refractivity contribution >= 4 is 67.3 Å². The highest BCUT2D eigenvalue weighted by Crippen LogP contribution is 2.36. The lowest BCUT2D eigenvalue weighted by atomic mass is 10.1. The number of rotatable bonds is 3. The molecule has 0 bridgehead atoms. The van der Waals surface area contributed by atoms with Crippen molar-refractivity contribution in [2.45, 2.75) is 17.8 Å². The van der Waals surface area contributed by atoms with Crippen LogP contribution in [0.2, 0.25) is 15.1 Å². The molecule has 0 aliphatic carbocycles. The zero-order valence-electron chi connectivity index (χ0n) is 14.0. The molecule has 0 amide bonds. The van der Waals surface area contributed by atoms with Crippen molar-refractivity contribution < 1.29 is 8.42 Å². The molecule has 4 nitrogen and oxygen atoms in total. The fourth-order valence-corrected chi connectivity index (χ4v) is 6.67. The average molecular weight is 462 g/mol. The number of halogens is 3. The highest BCUT2D eigenvalue weighted by atomic mass is 35.5. The molecule has 0 N–H and O–H groups in total. The van der Waals surface area contributed by atoms with Crippen molar-refractivity contribution in [2.24, 2.45) is 4.99 Å². The normalized spacial score (nSPS) is 23.4. The first-order valence-corrected chi connectivity index (χ1v) is 12.2. The Bertz CT molecular complexity index is 1010. The molecule has 2 aromatic rings. The third-order valence-corrected chi connectivity index (χ3v) is 8.29. The molecule has 0 spiro atoms. The van der Waals surface area contributed by atoms with Crippen LogP contribution in [0.4, 0.5) is 5.69 Å². The van der Waals surface area contributed by atoms with E-state index in [-0.39, 0.29) is 23.6 Å². The van der Waals surface area contributed by atoms with Crippen LogP contribution in [0, 0.1) is 0 Å². The molecule has 2 heterocycles. The number of nitrogens with zero attached hydrogens (tertiary/aromatic N) is 2. The van der Waals surface area contributed by atoms with Gasteiger partial charge in [-0.3, -0.25) is 4.99 Å². The summed E-state index contributed by atoms with van der Waals surface area (Å²) in [6.45, 7) is 0. The number of benzene rings is 2. The van der Waals surface area contributed by atoms with E-state index in [9.17, 15) is 8.42 Å². The molecule has 27 heavy (non-hydrogen) atoms. The Kier molecular flexibility index (Phi) is 5.38. The zero-order valence-corrected chi connectivity index (χ0v) is 17.9. The molecule has 0 unspecified atom stereocenters. The fraction of sp³-hybridized carbons (Fsp3) is 0.278. The first-order valence-electron chi connectivity index (χ1n) is 8.22. The summed E-state index contributed by atoms with van der Waals surface area (Å²) < 4.78 is 24.2. The Hall–Kier alpha value is -0.920. The standard InChI is InChI=1S/C18H15Cl3N2O2S2/c19-12-2-4-13(5-3-12)23-17-10-27(24,25)9-16(17)22-18(23)26-8-11-1-6-14(20)15(21)7-11/h1-7,16-17H,8-10H2/t16-,17-/m1/s1. The number of fused-ring (bicyclic) bond motifs is 1. The smallest absolute Gasteiger partial charge is 0.164 e. The van der Waals surface area contributed by atoms with E-state index < -0.39 is 9.84 Å². The van der Waals surface area contributed by atoms with Gasteiger partial charge in [-0.05, 0) is 42.0 Å². The second kappa shape index (κ2) is 7.48. The van der Waals surface area contributed by atoms with Gasteiger partial charge < -0.3 is 4.90 Å². The summed E-state index contributed by atoms with van der Waals surface area (Å²) >= 11 is 19.6. The van der Waals surface area contributed by atoms with Crippen LogP contribution in [0.1, 0.15) is 5.56 Å². The highest BCUT2D eigenvalue weighted by Gasteiger charge is 2.47. The minimum absolute atomic E-state index is 0.0958. The maximum Gasteiger partial charge on any atom is 0.164 e. The van der Waals surface area contributed by atoms with Crippen LogP contribution in [-0.4, -0.2) is 37.2 Å². The molecule has 0 aromatic heterocycles. The van der Waals surface area contributed by atoms with Crippen LogP contribution < -0.4 is 4.90 Å². The van der Waals surface area contributed by atoms with Crippen molar-refractivity contribution in [1.82, 2.24) is 0 Å². The van der Waals surface area contributed by atoms with Crippen LogP contribution in [0.3, 0.4) is 0 Å². The number of amidine groups is 1. The lowest BCUT2D eigenvalue weighted by Crippen LogP contribution is -2.39. The molecule has 1 fully saturated rings. The molecule has 0 saturated carbocycles. The maximum atomic E-state index is 12.1. The van der Waals surface area contributed by atoms with Crippen molar-refractivity contribution in [3.05, 3.63) is 63.1 Å². The van der Waals surface area contributed by atoms with E-state index >= 15 is 0 Å². The van der Waals surface area contributed by atoms with E-state index in [1.54, 1.807) is 30.0 Å². The van der Waals surface area contributed by atoms with Gasteiger partial charge in [0.1, 0.15) is 0 Å². The predicted molar refractivity (Wildman–Crippen MR) is 115 cm³/mol. The lowest BCUT2D eigenvalue weighted by molar-refractivity contribution is 0.601. The Morgan fingerprint density at radius 3 is 2.48 bits per heavy atom. The Labute approximate surface area is 177 Å². The molecule has 9 heteroatoms. The van der Waals surface area contributed by atoms with Crippen molar-refractivity contribution in [1.29, 1.82) is 0 Å². The Morgan fingerprint density at radius 1 is 1.04 bits per heavy atom. The summed E-state index contributed by atoms with van der Waals surface area (Å²) in [6.07, 6.45) is 0. The number of anilines is 1. The SMILES string of the molecule is O=S1(=O)C[C@@H]2[C@@H](C1)N=C(SCc1ccc(Cl)c(Cl)c1)N2c1ccc(Cl)cc1. The van der Waals surface area contributed by atoms with Crippen molar-refractivity contribution in [3.63, 3.8) is 0 Å². The van der Waals surface area contributed by atoms with E-state index in [1.807, 2.05) is 29.2 Å². The lowest BCUT2D eigenvalue weighted by Gasteiger charge is -2.26. The molecule has 1 saturated heterocycles. The van der Waals surface area contributed by atoms with Gasteiger partial charge in [0.25, 0.3) is 0 Å². The van der Waals surface area contributed by atoms with Gasteiger partial charge in [-0.15, -0.1) is 0 Å². The van der Waals surface area contributed by atoms with Gasteiger partial charge in [-0.25, -0.2) is 8.42 Å². The molecule has 2 aliphatic heterocycles. The number of hydrogen-bond acceptors (Lipinski definition) is 5. The summed E-state index contributed by atoms with van der Waals surface area (Å²) in [4.78, 5) is 6.74. The number of thioether (sulfide) groups is 1. The van der Waals surface area contributed by atoms with E-state index in [0.29, 0.717) is 20.8 Å². The van der Waals surface area contributed by atoms with Gasteiger partial charge in [0, 0.05) is 16.5 Å². The minimum Gasteiger partial charge on any atom is -0.315 e. The van der Waals surface area contributed by atoms with E-state index in [2.05, 4.69) is 0 Å². The molecule has 2 atom stereocenters. The number of hydrogen-bond donors (Lipinski definition) is 0. The second-order valence-corrected chi connectivity index (χ2v) is 10.9. The predicted octanol–water partition coefficient (Wildman–Crippen LogP) is 4.92. The average Bonchev–Trinajstić information content (AvgIpc) is 3.08. The van der Waals surface area contributed by atoms with Crippen LogP contribution in [0.5, 0.6) is 0 Å². The Morgan fingerprint density at radius 2 is 1.78 bits per heavy atom.